The first-order valence-corrected chi connectivity index (χ1v) is 4.86. The van der Waals surface area contributed by atoms with Gasteiger partial charge in [-0.2, -0.15) is 0 Å². The molecule has 2 rings (SSSR count). The summed E-state index contributed by atoms with van der Waals surface area (Å²) in [5, 5.41) is 0. The van der Waals surface area contributed by atoms with Crippen LogP contribution in [0.2, 0.25) is 0 Å². The van der Waals surface area contributed by atoms with Gasteiger partial charge in [-0.05, 0) is 0 Å². The quantitative estimate of drug-likeness (QED) is 0.769. The van der Waals surface area contributed by atoms with Gasteiger partial charge in [0.05, 0.1) is 11.6 Å². The smallest absolute Gasteiger partial charge is 0.123 e. The molecular formula is C8H10N4S. The Balaban J connectivity index is 2.04. The van der Waals surface area contributed by atoms with Crippen LogP contribution in [0.25, 0.3) is 0 Å². The van der Waals surface area contributed by atoms with Gasteiger partial charge in [0.1, 0.15) is 5.82 Å². The third-order valence-corrected chi connectivity index (χ3v) is 2.58. The summed E-state index contributed by atoms with van der Waals surface area (Å²) < 4.78 is 0. The second kappa shape index (κ2) is 3.68. The number of hydrogen-bond donors (Lipinski definition) is 2. The predicted octanol–water partition coefficient (Wildman–Crippen LogP) is 1.11. The highest BCUT2D eigenvalue weighted by Crippen LogP contribution is 2.14. The normalized spacial score (nSPS) is 13.0. The topological polar surface area (TPSA) is 67.6 Å². The van der Waals surface area contributed by atoms with Crippen LogP contribution >= 0.6 is 11.3 Å². The molecule has 0 aliphatic heterocycles. The molecule has 1 unspecified atom stereocenters. The molecule has 0 saturated carbocycles. The summed E-state index contributed by atoms with van der Waals surface area (Å²) in [4.78, 5) is 12.3. The van der Waals surface area contributed by atoms with Gasteiger partial charge in [0, 0.05) is 29.9 Å². The first kappa shape index (κ1) is 8.40. The molecule has 0 aliphatic carbocycles. The van der Waals surface area contributed by atoms with E-state index in [4.69, 9.17) is 5.73 Å². The maximum atomic E-state index is 5.92. The van der Waals surface area contributed by atoms with Crippen LogP contribution in [0.15, 0.2) is 24.1 Å². The molecule has 13 heavy (non-hydrogen) atoms. The van der Waals surface area contributed by atoms with E-state index in [1.165, 1.54) is 4.88 Å². The molecule has 0 fully saturated rings. The molecule has 68 valence electrons. The van der Waals surface area contributed by atoms with Crippen molar-refractivity contribution in [3.05, 3.63) is 34.8 Å². The molecule has 0 amide bonds. The predicted molar refractivity (Wildman–Crippen MR) is 51.3 cm³/mol. The minimum Gasteiger partial charge on any atom is -0.347 e. The number of H-pyrrole nitrogens is 1. The minimum absolute atomic E-state index is 0.0598. The summed E-state index contributed by atoms with van der Waals surface area (Å²) in [6, 6.07) is -0.0598. The van der Waals surface area contributed by atoms with Gasteiger partial charge in [-0.1, -0.05) is 0 Å². The van der Waals surface area contributed by atoms with E-state index in [0.717, 1.165) is 12.2 Å². The molecule has 0 aromatic carbocycles. The van der Waals surface area contributed by atoms with Crippen LogP contribution in [0.5, 0.6) is 0 Å². The van der Waals surface area contributed by atoms with Crippen molar-refractivity contribution in [3.63, 3.8) is 0 Å². The number of rotatable bonds is 3. The highest BCUT2D eigenvalue weighted by atomic mass is 32.1. The Morgan fingerprint density at radius 1 is 1.62 bits per heavy atom. The number of aromatic nitrogens is 3. The van der Waals surface area contributed by atoms with E-state index in [9.17, 15) is 0 Å². The van der Waals surface area contributed by atoms with Gasteiger partial charge in [0.25, 0.3) is 0 Å². The zero-order valence-corrected chi connectivity index (χ0v) is 7.79. The molecule has 5 heteroatoms. The average Bonchev–Trinajstić information content (AvgIpc) is 2.74. The van der Waals surface area contributed by atoms with Crippen LogP contribution in [0.3, 0.4) is 0 Å². The SMILES string of the molecule is NC(Cc1cncs1)c1ncc[nH]1. The van der Waals surface area contributed by atoms with Gasteiger partial charge in [-0.15, -0.1) is 11.3 Å². The molecule has 2 aromatic rings. The zero-order chi connectivity index (χ0) is 9.10. The molecule has 2 aromatic heterocycles. The second-order valence-electron chi connectivity index (χ2n) is 2.75. The lowest BCUT2D eigenvalue weighted by Gasteiger charge is -2.05. The first-order valence-electron chi connectivity index (χ1n) is 3.98. The fourth-order valence-corrected chi connectivity index (χ4v) is 1.79. The van der Waals surface area contributed by atoms with E-state index in [1.807, 2.05) is 11.7 Å². The maximum Gasteiger partial charge on any atom is 0.123 e. The van der Waals surface area contributed by atoms with Crippen LogP contribution in [0.1, 0.15) is 16.7 Å². The Kier molecular flexibility index (Phi) is 2.37. The van der Waals surface area contributed by atoms with Crippen LogP contribution in [-0.4, -0.2) is 15.0 Å². The van der Waals surface area contributed by atoms with Crippen LogP contribution < -0.4 is 5.73 Å². The van der Waals surface area contributed by atoms with Crippen molar-refractivity contribution in [1.82, 2.24) is 15.0 Å². The highest BCUT2D eigenvalue weighted by molar-refractivity contribution is 7.09. The van der Waals surface area contributed by atoms with Gasteiger partial charge in [0.2, 0.25) is 0 Å². The molecule has 1 atom stereocenters. The van der Waals surface area contributed by atoms with E-state index in [0.29, 0.717) is 0 Å². The summed E-state index contributed by atoms with van der Waals surface area (Å²) in [5.74, 6) is 0.827. The Morgan fingerprint density at radius 2 is 2.54 bits per heavy atom. The molecule has 3 N–H and O–H groups in total. The van der Waals surface area contributed by atoms with Crippen molar-refractivity contribution in [2.24, 2.45) is 5.73 Å². The molecule has 0 radical (unpaired) electrons. The van der Waals surface area contributed by atoms with Crippen LogP contribution in [0, 0.1) is 0 Å². The van der Waals surface area contributed by atoms with Gasteiger partial charge >= 0.3 is 0 Å². The van der Waals surface area contributed by atoms with Crippen LogP contribution in [0.4, 0.5) is 0 Å². The van der Waals surface area contributed by atoms with Crippen molar-refractivity contribution in [3.8, 4) is 0 Å². The second-order valence-corrected chi connectivity index (χ2v) is 3.72. The molecule has 4 nitrogen and oxygen atoms in total. The minimum atomic E-state index is -0.0598. The average molecular weight is 194 g/mol. The number of nitrogens with zero attached hydrogens (tertiary/aromatic N) is 2. The Hall–Kier alpha value is -1.20. The van der Waals surface area contributed by atoms with Crippen molar-refractivity contribution < 1.29 is 0 Å². The summed E-state index contributed by atoms with van der Waals surface area (Å²) in [6.07, 6.45) is 6.12. The lowest BCUT2D eigenvalue weighted by molar-refractivity contribution is 0.683. The lowest BCUT2D eigenvalue weighted by atomic mass is 10.2. The van der Waals surface area contributed by atoms with Gasteiger partial charge in [0.15, 0.2) is 0 Å². The fourth-order valence-electron chi connectivity index (χ4n) is 1.14. The fraction of sp³-hybridized carbons (Fsp3) is 0.250. The third kappa shape index (κ3) is 1.93. The summed E-state index contributed by atoms with van der Waals surface area (Å²) >= 11 is 1.62. The molecular weight excluding hydrogens is 184 g/mol. The Morgan fingerprint density at radius 3 is 3.15 bits per heavy atom. The molecule has 0 aliphatic rings. The molecule has 0 spiro atoms. The van der Waals surface area contributed by atoms with Crippen molar-refractivity contribution in [2.75, 3.05) is 0 Å². The number of imidazole rings is 1. The number of aromatic amines is 1. The summed E-state index contributed by atoms with van der Waals surface area (Å²) in [5.41, 5.74) is 7.73. The summed E-state index contributed by atoms with van der Waals surface area (Å²) in [6.45, 7) is 0. The van der Waals surface area contributed by atoms with E-state index in [2.05, 4.69) is 15.0 Å². The first-order chi connectivity index (χ1) is 6.36. The van der Waals surface area contributed by atoms with Crippen LogP contribution in [-0.2, 0) is 6.42 Å². The summed E-state index contributed by atoms with van der Waals surface area (Å²) in [7, 11) is 0. The monoisotopic (exact) mass is 194 g/mol. The van der Waals surface area contributed by atoms with E-state index in [1.54, 1.807) is 23.7 Å². The Labute approximate surface area is 79.8 Å². The maximum absolute atomic E-state index is 5.92. The van der Waals surface area contributed by atoms with Crippen molar-refractivity contribution in [1.29, 1.82) is 0 Å². The van der Waals surface area contributed by atoms with E-state index >= 15 is 0 Å². The number of hydrogen-bond acceptors (Lipinski definition) is 4. The zero-order valence-electron chi connectivity index (χ0n) is 6.97. The van der Waals surface area contributed by atoms with Gasteiger partial charge in [-0.3, -0.25) is 4.98 Å². The number of thiazole rings is 1. The van der Waals surface area contributed by atoms with Crippen molar-refractivity contribution >= 4 is 11.3 Å². The number of nitrogens with two attached hydrogens (primary N) is 1. The molecule has 2 heterocycles. The Bertz CT molecular complexity index is 340. The number of nitrogens with one attached hydrogen (secondary N) is 1. The van der Waals surface area contributed by atoms with Crippen molar-refractivity contribution in [2.45, 2.75) is 12.5 Å². The lowest BCUT2D eigenvalue weighted by Crippen LogP contribution is -2.14. The van der Waals surface area contributed by atoms with Gasteiger partial charge < -0.3 is 10.7 Å². The van der Waals surface area contributed by atoms with E-state index in [-0.39, 0.29) is 6.04 Å². The van der Waals surface area contributed by atoms with Gasteiger partial charge in [-0.25, -0.2) is 4.98 Å². The van der Waals surface area contributed by atoms with E-state index < -0.39 is 0 Å². The molecule has 0 saturated heterocycles. The molecule has 0 bridgehead atoms. The largest absolute Gasteiger partial charge is 0.347 e. The standard InChI is InChI=1S/C8H10N4S/c9-7(8-11-1-2-12-8)3-6-4-10-5-13-6/h1-2,4-5,7H,3,9H2,(H,11,12). The third-order valence-electron chi connectivity index (χ3n) is 1.78. The highest BCUT2D eigenvalue weighted by Gasteiger charge is 2.09.